The number of hydrogen-bond donors (Lipinski definition) is 1. The van der Waals surface area contributed by atoms with Crippen molar-refractivity contribution in [2.45, 2.75) is 46.0 Å². The summed E-state index contributed by atoms with van der Waals surface area (Å²) in [5, 5.41) is 3.85. The number of nitrogens with one attached hydrogen (secondary N) is 1. The summed E-state index contributed by atoms with van der Waals surface area (Å²) in [7, 11) is 1.99. The van der Waals surface area contributed by atoms with Crippen LogP contribution in [0.3, 0.4) is 0 Å². The largest absolute Gasteiger partial charge is 0.319 e. The predicted molar refractivity (Wildman–Crippen MR) is 81.3 cm³/mol. The third-order valence-corrected chi connectivity index (χ3v) is 4.29. The van der Waals surface area contributed by atoms with Crippen LogP contribution in [0.5, 0.6) is 0 Å². The highest BCUT2D eigenvalue weighted by molar-refractivity contribution is 6.31. The first kappa shape index (κ1) is 16.5. The molecular weight excluding hydrogens is 261 g/mol. The zero-order chi connectivity index (χ0) is 14.3. The van der Waals surface area contributed by atoms with E-state index in [1.165, 1.54) is 31.4 Å². The van der Waals surface area contributed by atoms with Gasteiger partial charge in [0.05, 0.1) is 0 Å². The first-order chi connectivity index (χ1) is 9.06. The Bertz CT molecular complexity index is 394. The van der Waals surface area contributed by atoms with Crippen LogP contribution in [0, 0.1) is 11.2 Å². The molecule has 108 valence electrons. The highest BCUT2D eigenvalue weighted by Gasteiger charge is 2.28. The van der Waals surface area contributed by atoms with E-state index in [1.807, 2.05) is 13.1 Å². The van der Waals surface area contributed by atoms with E-state index in [-0.39, 0.29) is 11.2 Å². The van der Waals surface area contributed by atoms with E-state index < -0.39 is 0 Å². The summed E-state index contributed by atoms with van der Waals surface area (Å²) >= 11 is 6.17. The molecule has 1 nitrogen and oxygen atoms in total. The summed E-state index contributed by atoms with van der Waals surface area (Å²) in [6.07, 6.45) is 5.59. The number of unbranched alkanes of at least 4 members (excludes halogenated alkanes) is 1. The fourth-order valence-electron chi connectivity index (χ4n) is 2.66. The Morgan fingerprint density at radius 2 is 2.05 bits per heavy atom. The molecule has 3 heteroatoms. The van der Waals surface area contributed by atoms with Crippen molar-refractivity contribution in [3.05, 3.63) is 34.6 Å². The van der Waals surface area contributed by atoms with Crippen LogP contribution in [0.1, 0.15) is 45.1 Å². The molecule has 0 aromatic heterocycles. The Morgan fingerprint density at radius 3 is 2.58 bits per heavy atom. The van der Waals surface area contributed by atoms with Crippen LogP contribution in [0.25, 0.3) is 0 Å². The SMILES string of the molecule is CCCCC(CC)(CNC)Cc1ccc(F)cc1Cl. The average Bonchev–Trinajstić information content (AvgIpc) is 2.39. The van der Waals surface area contributed by atoms with E-state index in [2.05, 4.69) is 19.2 Å². The van der Waals surface area contributed by atoms with Crippen LogP contribution < -0.4 is 5.32 Å². The third-order valence-electron chi connectivity index (χ3n) is 3.94. The smallest absolute Gasteiger partial charge is 0.124 e. The molecule has 0 amide bonds. The van der Waals surface area contributed by atoms with Crippen LogP contribution in [-0.2, 0) is 6.42 Å². The van der Waals surface area contributed by atoms with Gasteiger partial charge in [-0.1, -0.05) is 44.4 Å². The number of benzene rings is 1. The van der Waals surface area contributed by atoms with Gasteiger partial charge in [0.15, 0.2) is 0 Å². The van der Waals surface area contributed by atoms with E-state index >= 15 is 0 Å². The molecule has 1 N–H and O–H groups in total. The van der Waals surface area contributed by atoms with Gasteiger partial charge in [0.1, 0.15) is 5.82 Å². The zero-order valence-corrected chi connectivity index (χ0v) is 13.0. The lowest BCUT2D eigenvalue weighted by molar-refractivity contribution is 0.235. The van der Waals surface area contributed by atoms with Crippen LogP contribution >= 0.6 is 11.6 Å². The maximum Gasteiger partial charge on any atom is 0.124 e. The Balaban J connectivity index is 2.91. The Kier molecular flexibility index (Phi) is 6.81. The molecule has 0 fully saturated rings. The van der Waals surface area contributed by atoms with Gasteiger partial charge in [0.2, 0.25) is 0 Å². The molecule has 0 spiro atoms. The lowest BCUT2D eigenvalue weighted by Gasteiger charge is -2.33. The molecule has 0 radical (unpaired) electrons. The Morgan fingerprint density at radius 1 is 1.32 bits per heavy atom. The highest BCUT2D eigenvalue weighted by atomic mass is 35.5. The molecule has 1 rings (SSSR count). The third kappa shape index (κ3) is 4.77. The van der Waals surface area contributed by atoms with Crippen molar-refractivity contribution in [2.24, 2.45) is 5.41 Å². The monoisotopic (exact) mass is 285 g/mol. The van der Waals surface area contributed by atoms with Gasteiger partial charge in [-0.25, -0.2) is 4.39 Å². The van der Waals surface area contributed by atoms with E-state index in [0.717, 1.165) is 24.9 Å². The lowest BCUT2D eigenvalue weighted by Crippen LogP contribution is -2.34. The van der Waals surface area contributed by atoms with Gasteiger partial charge in [-0.15, -0.1) is 0 Å². The van der Waals surface area contributed by atoms with Crippen LogP contribution in [-0.4, -0.2) is 13.6 Å². The van der Waals surface area contributed by atoms with Gasteiger partial charge in [-0.05, 0) is 49.4 Å². The predicted octanol–water partition coefficient (Wildman–Crippen LogP) is 4.83. The van der Waals surface area contributed by atoms with Crippen molar-refractivity contribution in [1.29, 1.82) is 0 Å². The summed E-state index contributed by atoms with van der Waals surface area (Å²) in [5.41, 5.74) is 1.27. The quantitative estimate of drug-likeness (QED) is 0.721. The van der Waals surface area contributed by atoms with Crippen molar-refractivity contribution in [3.8, 4) is 0 Å². The van der Waals surface area contributed by atoms with Crippen LogP contribution in [0.4, 0.5) is 4.39 Å². The minimum atomic E-state index is -0.266. The second kappa shape index (κ2) is 7.86. The molecule has 19 heavy (non-hydrogen) atoms. The van der Waals surface area contributed by atoms with Crippen molar-refractivity contribution in [3.63, 3.8) is 0 Å². The fraction of sp³-hybridized carbons (Fsp3) is 0.625. The van der Waals surface area contributed by atoms with Gasteiger partial charge in [-0.2, -0.15) is 0 Å². The Labute approximate surface area is 121 Å². The van der Waals surface area contributed by atoms with Gasteiger partial charge >= 0.3 is 0 Å². The van der Waals surface area contributed by atoms with Gasteiger partial charge in [-0.3, -0.25) is 0 Å². The summed E-state index contributed by atoms with van der Waals surface area (Å²) in [6, 6.07) is 4.74. The fourth-order valence-corrected chi connectivity index (χ4v) is 2.90. The summed E-state index contributed by atoms with van der Waals surface area (Å²) in [4.78, 5) is 0. The van der Waals surface area contributed by atoms with Crippen LogP contribution in [0.2, 0.25) is 5.02 Å². The minimum Gasteiger partial charge on any atom is -0.319 e. The van der Waals surface area contributed by atoms with Crippen LogP contribution in [0.15, 0.2) is 18.2 Å². The number of hydrogen-bond acceptors (Lipinski definition) is 1. The Hall–Kier alpha value is -0.600. The van der Waals surface area contributed by atoms with Gasteiger partial charge < -0.3 is 5.32 Å². The molecule has 0 saturated carbocycles. The number of rotatable bonds is 8. The van der Waals surface area contributed by atoms with Crippen molar-refractivity contribution in [2.75, 3.05) is 13.6 Å². The molecule has 1 aromatic carbocycles. The van der Waals surface area contributed by atoms with Gasteiger partial charge in [0.25, 0.3) is 0 Å². The average molecular weight is 286 g/mol. The van der Waals surface area contributed by atoms with Crippen molar-refractivity contribution in [1.82, 2.24) is 5.32 Å². The molecule has 1 atom stereocenters. The zero-order valence-electron chi connectivity index (χ0n) is 12.2. The van der Waals surface area contributed by atoms with Gasteiger partial charge in [0, 0.05) is 11.6 Å². The molecule has 1 aromatic rings. The summed E-state index contributed by atoms with van der Waals surface area (Å²) < 4.78 is 13.1. The topological polar surface area (TPSA) is 12.0 Å². The molecule has 1 unspecified atom stereocenters. The highest BCUT2D eigenvalue weighted by Crippen LogP contribution is 2.34. The minimum absolute atomic E-state index is 0.215. The summed E-state index contributed by atoms with van der Waals surface area (Å²) in [5.74, 6) is -0.266. The van der Waals surface area contributed by atoms with E-state index in [1.54, 1.807) is 0 Å². The standard InChI is InChI=1S/C16H25ClFN/c1-4-6-9-16(5-2,12-19-3)11-13-7-8-14(18)10-15(13)17/h7-8,10,19H,4-6,9,11-12H2,1-3H3. The molecule has 0 saturated heterocycles. The van der Waals surface area contributed by atoms with Crippen molar-refractivity contribution >= 4 is 11.6 Å². The normalized spacial score (nSPS) is 14.4. The summed E-state index contributed by atoms with van der Waals surface area (Å²) in [6.45, 7) is 5.41. The number of halogens is 2. The molecule has 0 aliphatic rings. The lowest BCUT2D eigenvalue weighted by atomic mass is 9.75. The molecule has 0 aliphatic heterocycles. The molecule has 0 bridgehead atoms. The second-order valence-electron chi connectivity index (χ2n) is 5.40. The molecular formula is C16H25ClFN. The molecule has 0 aliphatic carbocycles. The molecule has 0 heterocycles. The van der Waals surface area contributed by atoms with E-state index in [9.17, 15) is 4.39 Å². The maximum atomic E-state index is 13.1. The van der Waals surface area contributed by atoms with E-state index in [4.69, 9.17) is 11.6 Å². The van der Waals surface area contributed by atoms with E-state index in [0.29, 0.717) is 5.02 Å². The second-order valence-corrected chi connectivity index (χ2v) is 5.81. The van der Waals surface area contributed by atoms with Crippen molar-refractivity contribution < 1.29 is 4.39 Å². The first-order valence-corrected chi connectivity index (χ1v) is 7.53. The first-order valence-electron chi connectivity index (χ1n) is 7.15. The maximum absolute atomic E-state index is 13.1.